The SMILES string of the molecule is CNC(=O)O[C@H]1C=CC(=O)[C@](C)(c2ccc(OC)cc2)O1. The Kier molecular flexibility index (Phi) is 4.28. The normalized spacial score (nSPS) is 24.5. The smallest absolute Gasteiger partial charge is 0.409 e. The quantitative estimate of drug-likeness (QED) is 0.918. The lowest BCUT2D eigenvalue weighted by Gasteiger charge is -2.33. The Morgan fingerprint density at radius 1 is 1.33 bits per heavy atom. The molecule has 6 nitrogen and oxygen atoms in total. The van der Waals surface area contributed by atoms with E-state index in [1.165, 1.54) is 19.2 Å². The van der Waals surface area contributed by atoms with Gasteiger partial charge in [0.05, 0.1) is 7.11 Å². The van der Waals surface area contributed by atoms with E-state index in [1.54, 1.807) is 38.3 Å². The van der Waals surface area contributed by atoms with Crippen molar-refractivity contribution in [1.29, 1.82) is 0 Å². The van der Waals surface area contributed by atoms with Gasteiger partial charge < -0.3 is 19.5 Å². The third kappa shape index (κ3) is 3.05. The van der Waals surface area contributed by atoms with Crippen molar-refractivity contribution in [2.75, 3.05) is 14.2 Å². The van der Waals surface area contributed by atoms with E-state index in [4.69, 9.17) is 14.2 Å². The van der Waals surface area contributed by atoms with Crippen LogP contribution in [0.2, 0.25) is 0 Å². The minimum atomic E-state index is -1.21. The van der Waals surface area contributed by atoms with Crippen LogP contribution in [0.15, 0.2) is 36.4 Å². The highest BCUT2D eigenvalue weighted by molar-refractivity contribution is 5.98. The Labute approximate surface area is 122 Å². The molecule has 2 rings (SSSR count). The number of benzene rings is 1. The highest BCUT2D eigenvalue weighted by Gasteiger charge is 2.40. The molecule has 0 aliphatic carbocycles. The number of rotatable bonds is 3. The lowest BCUT2D eigenvalue weighted by Crippen LogP contribution is -2.43. The van der Waals surface area contributed by atoms with Gasteiger partial charge in [0.25, 0.3) is 0 Å². The number of carbonyl (C=O) groups is 2. The third-order valence-corrected chi connectivity index (χ3v) is 3.29. The van der Waals surface area contributed by atoms with Crippen molar-refractivity contribution in [3.05, 3.63) is 42.0 Å². The fraction of sp³-hybridized carbons (Fsp3) is 0.333. The molecule has 21 heavy (non-hydrogen) atoms. The van der Waals surface area contributed by atoms with Crippen LogP contribution in [0.4, 0.5) is 4.79 Å². The zero-order chi connectivity index (χ0) is 15.5. The second-order valence-corrected chi connectivity index (χ2v) is 4.63. The molecule has 1 N–H and O–H groups in total. The number of hydrogen-bond donors (Lipinski definition) is 1. The minimum absolute atomic E-state index is 0.218. The summed E-state index contributed by atoms with van der Waals surface area (Å²) in [5.41, 5.74) is -0.553. The van der Waals surface area contributed by atoms with Gasteiger partial charge in [0.2, 0.25) is 6.29 Å². The van der Waals surface area contributed by atoms with Crippen LogP contribution in [0.3, 0.4) is 0 Å². The molecule has 0 bridgehead atoms. The van der Waals surface area contributed by atoms with E-state index in [1.807, 2.05) is 0 Å². The maximum atomic E-state index is 12.2. The van der Waals surface area contributed by atoms with Crippen molar-refractivity contribution in [1.82, 2.24) is 5.32 Å². The van der Waals surface area contributed by atoms with Crippen LogP contribution in [0.25, 0.3) is 0 Å². The zero-order valence-electron chi connectivity index (χ0n) is 12.1. The van der Waals surface area contributed by atoms with Crippen LogP contribution < -0.4 is 10.1 Å². The second kappa shape index (κ2) is 5.97. The summed E-state index contributed by atoms with van der Waals surface area (Å²) in [6.45, 7) is 1.64. The van der Waals surface area contributed by atoms with Gasteiger partial charge in [-0.2, -0.15) is 0 Å². The predicted octanol–water partition coefficient (Wildman–Crippen LogP) is 1.75. The van der Waals surface area contributed by atoms with Gasteiger partial charge >= 0.3 is 6.09 Å². The zero-order valence-corrected chi connectivity index (χ0v) is 12.1. The summed E-state index contributed by atoms with van der Waals surface area (Å²) in [4.78, 5) is 23.4. The van der Waals surface area contributed by atoms with Crippen LogP contribution in [-0.2, 0) is 19.9 Å². The molecule has 112 valence electrons. The van der Waals surface area contributed by atoms with E-state index in [0.717, 1.165) is 0 Å². The first-order valence-electron chi connectivity index (χ1n) is 6.43. The number of ketones is 1. The van der Waals surface area contributed by atoms with Crippen molar-refractivity contribution >= 4 is 11.9 Å². The van der Waals surface area contributed by atoms with E-state index in [2.05, 4.69) is 5.32 Å². The number of alkyl carbamates (subject to hydrolysis) is 1. The molecule has 1 amide bonds. The van der Waals surface area contributed by atoms with Gasteiger partial charge in [-0.25, -0.2) is 4.79 Å². The fourth-order valence-corrected chi connectivity index (χ4v) is 2.00. The number of nitrogens with one attached hydrogen (secondary N) is 1. The first-order valence-corrected chi connectivity index (χ1v) is 6.43. The predicted molar refractivity (Wildman–Crippen MR) is 74.9 cm³/mol. The monoisotopic (exact) mass is 291 g/mol. The van der Waals surface area contributed by atoms with Crippen molar-refractivity contribution in [3.63, 3.8) is 0 Å². The molecular weight excluding hydrogens is 274 g/mol. The van der Waals surface area contributed by atoms with E-state index in [0.29, 0.717) is 11.3 Å². The second-order valence-electron chi connectivity index (χ2n) is 4.63. The van der Waals surface area contributed by atoms with Crippen LogP contribution in [-0.4, -0.2) is 32.3 Å². The number of carbonyl (C=O) groups excluding carboxylic acids is 2. The maximum Gasteiger partial charge on any atom is 0.409 e. The number of hydrogen-bond acceptors (Lipinski definition) is 5. The molecule has 0 spiro atoms. The largest absolute Gasteiger partial charge is 0.497 e. The Morgan fingerprint density at radius 2 is 2.00 bits per heavy atom. The molecule has 6 heteroatoms. The molecule has 2 atom stereocenters. The molecule has 0 unspecified atom stereocenters. The standard InChI is InChI=1S/C15H17NO5/c1-15(10-4-6-11(19-3)7-5-10)12(17)8-9-13(21-15)20-14(18)16-2/h4-9,13H,1-3H3,(H,16,18)/t13-,15+/m1/s1. The number of ether oxygens (including phenoxy) is 3. The molecular formula is C15H17NO5. The van der Waals surface area contributed by atoms with Crippen molar-refractivity contribution < 1.29 is 23.8 Å². The summed E-state index contributed by atoms with van der Waals surface area (Å²) in [6.07, 6.45) is 1.22. The van der Waals surface area contributed by atoms with E-state index >= 15 is 0 Å². The van der Waals surface area contributed by atoms with Crippen LogP contribution in [0.5, 0.6) is 5.75 Å². The molecule has 1 aromatic rings. The molecule has 1 heterocycles. The third-order valence-electron chi connectivity index (χ3n) is 3.29. The summed E-state index contributed by atoms with van der Waals surface area (Å²) >= 11 is 0. The lowest BCUT2D eigenvalue weighted by atomic mass is 9.89. The molecule has 1 aromatic carbocycles. The highest BCUT2D eigenvalue weighted by Crippen LogP contribution is 2.33. The van der Waals surface area contributed by atoms with Crippen molar-refractivity contribution in [2.24, 2.45) is 0 Å². The molecule has 1 aliphatic heterocycles. The van der Waals surface area contributed by atoms with Crippen LogP contribution in [0.1, 0.15) is 12.5 Å². The Morgan fingerprint density at radius 3 is 2.57 bits per heavy atom. The molecule has 0 saturated heterocycles. The lowest BCUT2D eigenvalue weighted by molar-refractivity contribution is -0.177. The maximum absolute atomic E-state index is 12.2. The summed E-state index contributed by atoms with van der Waals surface area (Å²) in [7, 11) is 3.01. The van der Waals surface area contributed by atoms with Gasteiger partial charge in [-0.3, -0.25) is 4.79 Å². The van der Waals surface area contributed by atoms with Crippen molar-refractivity contribution in [2.45, 2.75) is 18.8 Å². The summed E-state index contributed by atoms with van der Waals surface area (Å²) in [5, 5.41) is 2.33. The first-order chi connectivity index (χ1) is 9.99. The highest BCUT2D eigenvalue weighted by atomic mass is 16.7. The fourth-order valence-electron chi connectivity index (χ4n) is 2.00. The van der Waals surface area contributed by atoms with Crippen molar-refractivity contribution in [3.8, 4) is 5.75 Å². The minimum Gasteiger partial charge on any atom is -0.497 e. The summed E-state index contributed by atoms with van der Waals surface area (Å²) in [6, 6.07) is 6.97. The molecule has 1 aliphatic rings. The van der Waals surface area contributed by atoms with Gasteiger partial charge in [-0.1, -0.05) is 12.1 Å². The molecule has 0 radical (unpaired) electrons. The van der Waals surface area contributed by atoms with Gasteiger partial charge in [-0.15, -0.1) is 0 Å². The average Bonchev–Trinajstić information content (AvgIpc) is 2.51. The summed E-state index contributed by atoms with van der Waals surface area (Å²) in [5.74, 6) is 0.462. The van der Waals surface area contributed by atoms with Gasteiger partial charge in [0.1, 0.15) is 5.75 Å². The number of methoxy groups -OCH3 is 1. The molecule has 0 fully saturated rings. The van der Waals surface area contributed by atoms with Gasteiger partial charge in [0, 0.05) is 7.05 Å². The Bertz CT molecular complexity index is 566. The number of amides is 1. The Balaban J connectivity index is 2.24. The van der Waals surface area contributed by atoms with E-state index in [9.17, 15) is 9.59 Å². The van der Waals surface area contributed by atoms with E-state index in [-0.39, 0.29) is 5.78 Å². The molecule has 0 aromatic heterocycles. The van der Waals surface area contributed by atoms with Gasteiger partial charge in [0.15, 0.2) is 11.4 Å². The topological polar surface area (TPSA) is 73.9 Å². The Hall–Kier alpha value is -2.34. The summed E-state index contributed by atoms with van der Waals surface area (Å²) < 4.78 is 15.8. The first kappa shape index (κ1) is 15.1. The average molecular weight is 291 g/mol. The van der Waals surface area contributed by atoms with Gasteiger partial charge in [-0.05, 0) is 36.8 Å². The van der Waals surface area contributed by atoms with E-state index < -0.39 is 18.0 Å². The molecule has 0 saturated carbocycles. The van der Waals surface area contributed by atoms with Crippen LogP contribution in [0, 0.1) is 0 Å². The van der Waals surface area contributed by atoms with Crippen LogP contribution >= 0.6 is 0 Å².